The summed E-state index contributed by atoms with van der Waals surface area (Å²) in [5.41, 5.74) is 3.68. The number of carboxylic acid groups (broad SMARTS) is 1. The Morgan fingerprint density at radius 1 is 0.839 bits per heavy atom. The first-order valence-corrected chi connectivity index (χ1v) is 20.5. The molecule has 308 valence electrons. The number of carbonyl (C=O) groups excluding carboxylic acids is 3. The molecule has 0 spiro atoms. The van der Waals surface area contributed by atoms with E-state index in [1.54, 1.807) is 24.3 Å². The maximum atomic E-state index is 12.1. The molecule has 0 radical (unpaired) electrons. The SMILES string of the molecule is C=O.C=O.C=O.CC1(C)C(/C=C/C=C/C=C2/N(CCCO)c3ccc(S(=O)(=O)O)cc3C2(C)CCCCCC(=O)O)=[N+](CCCS(=O)(=O)O)c2ccc(O)cc21. The molecule has 2 aromatic rings. The first-order valence-electron chi connectivity index (χ1n) is 17.5. The van der Waals surface area contributed by atoms with E-state index in [1.807, 2.05) is 81.0 Å². The highest BCUT2D eigenvalue weighted by molar-refractivity contribution is 7.86. The number of carbonyl (C=O) groups is 4. The fourth-order valence-corrected chi connectivity index (χ4v) is 8.02. The summed E-state index contributed by atoms with van der Waals surface area (Å²) < 4.78 is 68.2. The van der Waals surface area contributed by atoms with Gasteiger partial charge in [0.15, 0.2) is 5.71 Å². The van der Waals surface area contributed by atoms with Crippen LogP contribution in [0.3, 0.4) is 0 Å². The molecule has 0 aliphatic carbocycles. The van der Waals surface area contributed by atoms with Crippen molar-refractivity contribution in [2.24, 2.45) is 0 Å². The molecule has 0 saturated heterocycles. The zero-order chi connectivity index (χ0) is 42.9. The van der Waals surface area contributed by atoms with E-state index < -0.39 is 37.0 Å². The van der Waals surface area contributed by atoms with Gasteiger partial charge in [-0.1, -0.05) is 31.1 Å². The van der Waals surface area contributed by atoms with Gasteiger partial charge in [-0.3, -0.25) is 13.9 Å². The van der Waals surface area contributed by atoms with E-state index >= 15 is 0 Å². The Hall–Kier alpha value is -4.81. The molecular weight excluding hydrogens is 769 g/mol. The summed E-state index contributed by atoms with van der Waals surface area (Å²) in [6.07, 6.45) is 12.5. The number of hydrogen-bond acceptors (Lipinski definition) is 11. The Morgan fingerprint density at radius 2 is 1.50 bits per heavy atom. The van der Waals surface area contributed by atoms with Crippen molar-refractivity contribution >= 4 is 63.7 Å². The van der Waals surface area contributed by atoms with Gasteiger partial charge >= 0.3 is 5.97 Å². The van der Waals surface area contributed by atoms with Crippen LogP contribution in [0.5, 0.6) is 5.75 Å². The average molecular weight is 822 g/mol. The van der Waals surface area contributed by atoms with Crippen molar-refractivity contribution in [2.75, 3.05) is 30.3 Å². The van der Waals surface area contributed by atoms with E-state index in [1.165, 1.54) is 12.1 Å². The van der Waals surface area contributed by atoms with Crippen molar-refractivity contribution in [3.8, 4) is 5.75 Å². The van der Waals surface area contributed by atoms with Gasteiger partial charge in [-0.2, -0.15) is 21.4 Å². The van der Waals surface area contributed by atoms with Gasteiger partial charge in [-0.15, -0.1) is 0 Å². The van der Waals surface area contributed by atoms with Crippen molar-refractivity contribution in [3.63, 3.8) is 0 Å². The Balaban J connectivity index is 0.00000249. The Morgan fingerprint density at radius 3 is 2.09 bits per heavy atom. The van der Waals surface area contributed by atoms with Crippen LogP contribution in [-0.2, 0) is 50.2 Å². The molecule has 56 heavy (non-hydrogen) atoms. The number of phenolic OH excluding ortho intramolecular Hbond substituents is 1. The monoisotopic (exact) mass is 821 g/mol. The maximum Gasteiger partial charge on any atom is 0.303 e. The van der Waals surface area contributed by atoms with Crippen LogP contribution in [-0.4, -0.2) is 103 Å². The molecule has 2 aromatic carbocycles. The fourth-order valence-electron chi connectivity index (χ4n) is 7.02. The number of carboxylic acids is 1. The van der Waals surface area contributed by atoms with Crippen molar-refractivity contribution in [1.82, 2.24) is 0 Å². The van der Waals surface area contributed by atoms with Crippen molar-refractivity contribution in [1.29, 1.82) is 0 Å². The van der Waals surface area contributed by atoms with Crippen LogP contribution < -0.4 is 4.90 Å². The number of aromatic hydroxyl groups is 1. The molecule has 1 atom stereocenters. The number of hydrogen-bond donors (Lipinski definition) is 5. The molecule has 5 N–H and O–H groups in total. The highest BCUT2D eigenvalue weighted by Gasteiger charge is 2.45. The van der Waals surface area contributed by atoms with Crippen LogP contribution in [0.1, 0.15) is 76.8 Å². The molecule has 4 rings (SSSR count). The average Bonchev–Trinajstić information content (AvgIpc) is 3.50. The number of aliphatic hydroxyl groups excluding tert-OH is 1. The summed E-state index contributed by atoms with van der Waals surface area (Å²) in [4.78, 5) is 36.9. The minimum atomic E-state index is -4.48. The molecular formula is C39H53N2O13S2+. The van der Waals surface area contributed by atoms with Crippen molar-refractivity contribution < 1.29 is 65.0 Å². The van der Waals surface area contributed by atoms with E-state index in [9.17, 15) is 40.9 Å². The predicted molar refractivity (Wildman–Crippen MR) is 213 cm³/mol. The topological polar surface area (TPSA) is 244 Å². The number of aliphatic hydroxyl groups is 1. The standard InChI is InChI=1S/C36H46N2O10S2.3CH2O/c1-35(2)28-24-26(40)15-17-30(28)37(21-11-23-49(43,44)45)32(35)12-6-4-7-13-33-36(3,19-9-5-8-14-34(41)42)29-25-27(50(46,47)48)16-18-31(29)38(33)20-10-22-39;3*1-2/h4,6-7,12-13,15-18,24-25,39H,5,8-11,14,19-23H2,1-3H3,(H3-,40,41,42,43,44,45,46,47,48);3*1H2/p+1. The zero-order valence-electron chi connectivity index (χ0n) is 32.0. The minimum absolute atomic E-state index is 0.0536. The van der Waals surface area contributed by atoms with Crippen molar-refractivity contribution in [2.45, 2.75) is 81.4 Å². The van der Waals surface area contributed by atoms with Crippen LogP contribution in [0.2, 0.25) is 0 Å². The van der Waals surface area contributed by atoms with Gasteiger partial charge < -0.3 is 34.6 Å². The summed E-state index contributed by atoms with van der Waals surface area (Å²) in [6, 6.07) is 9.57. The lowest BCUT2D eigenvalue weighted by Gasteiger charge is -2.30. The van der Waals surface area contributed by atoms with Crippen molar-refractivity contribution in [3.05, 3.63) is 83.6 Å². The Kier molecular flexibility index (Phi) is 19.4. The van der Waals surface area contributed by atoms with E-state index in [-0.39, 0.29) is 35.8 Å². The van der Waals surface area contributed by atoms with E-state index in [0.717, 1.165) is 28.3 Å². The second-order valence-electron chi connectivity index (χ2n) is 13.5. The minimum Gasteiger partial charge on any atom is -0.508 e. The van der Waals surface area contributed by atoms with E-state index in [4.69, 9.17) is 19.5 Å². The summed E-state index contributed by atoms with van der Waals surface area (Å²) >= 11 is 0. The van der Waals surface area contributed by atoms with E-state index in [2.05, 4.69) is 0 Å². The molecule has 0 saturated carbocycles. The van der Waals surface area contributed by atoms with Gasteiger partial charge in [0.05, 0.1) is 16.1 Å². The summed E-state index contributed by atoms with van der Waals surface area (Å²) in [5.74, 6) is -1.14. The molecule has 17 heteroatoms. The Labute approximate surface area is 328 Å². The highest BCUT2D eigenvalue weighted by Crippen LogP contribution is 2.51. The number of aliphatic carboxylic acids is 1. The predicted octanol–water partition coefficient (Wildman–Crippen LogP) is 4.93. The Bertz CT molecular complexity index is 2000. The van der Waals surface area contributed by atoms with Crippen LogP contribution in [0, 0.1) is 0 Å². The third-order valence-corrected chi connectivity index (χ3v) is 11.2. The number of rotatable bonds is 17. The lowest BCUT2D eigenvalue weighted by Crippen LogP contribution is -2.29. The second-order valence-corrected chi connectivity index (χ2v) is 16.5. The van der Waals surface area contributed by atoms with Crippen LogP contribution in [0.15, 0.2) is 77.4 Å². The highest BCUT2D eigenvalue weighted by atomic mass is 32.2. The lowest BCUT2D eigenvalue weighted by molar-refractivity contribution is -0.437. The molecule has 15 nitrogen and oxygen atoms in total. The fraction of sp³-hybridized carbons (Fsp3) is 0.410. The molecule has 1 unspecified atom stereocenters. The van der Waals surface area contributed by atoms with Crippen LogP contribution in [0.25, 0.3) is 0 Å². The quantitative estimate of drug-likeness (QED) is 0.0615. The molecule has 0 amide bonds. The summed E-state index contributed by atoms with van der Waals surface area (Å²) in [5, 5.41) is 29.0. The number of nitrogens with zero attached hydrogens (tertiary/aromatic N) is 2. The molecule has 2 aliphatic rings. The smallest absolute Gasteiger partial charge is 0.303 e. The number of benzene rings is 2. The van der Waals surface area contributed by atoms with Gasteiger partial charge in [0.1, 0.15) is 32.7 Å². The second kappa shape index (κ2) is 22.1. The molecule has 2 aliphatic heterocycles. The summed E-state index contributed by atoms with van der Waals surface area (Å²) in [6.45, 7) is 12.7. The molecule has 0 fully saturated rings. The number of allylic oxidation sites excluding steroid dienone is 6. The first-order chi connectivity index (χ1) is 26.4. The van der Waals surface area contributed by atoms with Gasteiger partial charge in [0.25, 0.3) is 20.2 Å². The van der Waals surface area contributed by atoms with Gasteiger partial charge in [0.2, 0.25) is 5.69 Å². The van der Waals surface area contributed by atoms with E-state index in [0.29, 0.717) is 50.8 Å². The summed E-state index contributed by atoms with van der Waals surface area (Å²) in [7, 11) is -8.61. The largest absolute Gasteiger partial charge is 0.508 e. The number of anilines is 1. The zero-order valence-corrected chi connectivity index (χ0v) is 33.6. The third kappa shape index (κ3) is 12.6. The normalized spacial score (nSPS) is 17.8. The number of unbranched alkanes of at least 4 members (excludes halogenated alkanes) is 2. The lowest BCUT2D eigenvalue weighted by atomic mass is 9.77. The van der Waals surface area contributed by atoms with Crippen LogP contribution in [0.4, 0.5) is 11.4 Å². The van der Waals surface area contributed by atoms with Crippen LogP contribution >= 0.6 is 0 Å². The maximum absolute atomic E-state index is 12.1. The number of phenols is 1. The molecule has 0 bridgehead atoms. The molecule has 2 heterocycles. The first kappa shape index (κ1) is 49.2. The number of fused-ring (bicyclic) bond motifs is 2. The van der Waals surface area contributed by atoms with Gasteiger partial charge in [0, 0.05) is 60.5 Å². The third-order valence-electron chi connectivity index (χ3n) is 9.50. The van der Waals surface area contributed by atoms with Gasteiger partial charge in [-0.05, 0) is 82.0 Å². The molecule has 0 aromatic heterocycles. The van der Waals surface area contributed by atoms with Gasteiger partial charge in [-0.25, -0.2) is 0 Å².